The van der Waals surface area contributed by atoms with Crippen LogP contribution >= 0.6 is 27.7 Å². The number of anilines is 1. The number of halogens is 1. The van der Waals surface area contributed by atoms with Crippen LogP contribution in [0.1, 0.15) is 6.92 Å². The van der Waals surface area contributed by atoms with Crippen LogP contribution in [0.5, 0.6) is 0 Å². The maximum Gasteiger partial charge on any atom is 0.201 e. The lowest BCUT2D eigenvalue weighted by molar-refractivity contribution is 0.912. The van der Waals surface area contributed by atoms with E-state index in [0.29, 0.717) is 0 Å². The molecular formula is C12H11BrN6S. The Balaban J connectivity index is 1.97. The Morgan fingerprint density at radius 3 is 3.05 bits per heavy atom. The zero-order valence-electron chi connectivity index (χ0n) is 10.6. The van der Waals surface area contributed by atoms with Gasteiger partial charge < -0.3 is 5.32 Å². The molecule has 0 radical (unpaired) electrons. The molecule has 8 heteroatoms. The molecule has 3 heterocycles. The Labute approximate surface area is 128 Å². The first-order valence-corrected chi connectivity index (χ1v) is 7.62. The van der Waals surface area contributed by atoms with Crippen molar-refractivity contribution in [1.29, 1.82) is 0 Å². The van der Waals surface area contributed by atoms with Gasteiger partial charge in [0.15, 0.2) is 5.65 Å². The predicted octanol–water partition coefficient (Wildman–Crippen LogP) is 2.86. The molecule has 0 saturated heterocycles. The monoisotopic (exact) mass is 350 g/mol. The second kappa shape index (κ2) is 5.76. The zero-order chi connectivity index (χ0) is 13.9. The molecule has 0 atom stereocenters. The smallest absolute Gasteiger partial charge is 0.201 e. The second-order valence-corrected chi connectivity index (χ2v) is 5.63. The summed E-state index contributed by atoms with van der Waals surface area (Å²) in [5, 5.41) is 13.0. The van der Waals surface area contributed by atoms with Crippen LogP contribution in [0.2, 0.25) is 0 Å². The van der Waals surface area contributed by atoms with Crippen molar-refractivity contribution in [2.75, 3.05) is 11.9 Å². The summed E-state index contributed by atoms with van der Waals surface area (Å²) in [5.74, 6) is 0.777. The van der Waals surface area contributed by atoms with Gasteiger partial charge in [-0.2, -0.15) is 0 Å². The number of hydrogen-bond donors (Lipinski definition) is 1. The summed E-state index contributed by atoms with van der Waals surface area (Å²) in [6.07, 6.45) is 3.46. The summed E-state index contributed by atoms with van der Waals surface area (Å²) >= 11 is 4.97. The normalized spacial score (nSPS) is 10.9. The van der Waals surface area contributed by atoms with E-state index in [-0.39, 0.29) is 0 Å². The maximum atomic E-state index is 4.29. The summed E-state index contributed by atoms with van der Waals surface area (Å²) in [5.41, 5.74) is 0.812. The molecule has 0 aromatic carbocycles. The molecule has 0 saturated carbocycles. The van der Waals surface area contributed by atoms with Gasteiger partial charge in [0, 0.05) is 12.7 Å². The van der Waals surface area contributed by atoms with Gasteiger partial charge in [-0.25, -0.2) is 9.97 Å². The van der Waals surface area contributed by atoms with E-state index in [0.717, 1.165) is 32.7 Å². The van der Waals surface area contributed by atoms with E-state index in [4.69, 9.17) is 0 Å². The lowest BCUT2D eigenvalue weighted by Crippen LogP contribution is -2.01. The minimum Gasteiger partial charge on any atom is -0.369 e. The maximum absolute atomic E-state index is 4.29. The molecule has 0 unspecified atom stereocenters. The minimum absolute atomic E-state index is 0.766. The van der Waals surface area contributed by atoms with Crippen molar-refractivity contribution >= 4 is 39.2 Å². The molecule has 0 amide bonds. The van der Waals surface area contributed by atoms with E-state index in [2.05, 4.69) is 41.4 Å². The summed E-state index contributed by atoms with van der Waals surface area (Å²) in [7, 11) is 0. The Hall–Kier alpha value is -1.67. The molecule has 0 bridgehead atoms. The molecule has 3 aromatic rings. The molecule has 20 heavy (non-hydrogen) atoms. The van der Waals surface area contributed by atoms with Gasteiger partial charge in [0.05, 0.1) is 4.47 Å². The van der Waals surface area contributed by atoms with Crippen LogP contribution in [0.3, 0.4) is 0 Å². The van der Waals surface area contributed by atoms with Crippen molar-refractivity contribution in [3.05, 3.63) is 35.2 Å². The number of nitrogens with zero attached hydrogens (tertiary/aromatic N) is 5. The molecule has 6 nitrogen and oxygen atoms in total. The van der Waals surface area contributed by atoms with Crippen molar-refractivity contribution in [3.8, 4) is 0 Å². The Kier molecular flexibility index (Phi) is 3.83. The molecule has 0 fully saturated rings. The third kappa shape index (κ3) is 2.48. The largest absolute Gasteiger partial charge is 0.369 e. The van der Waals surface area contributed by atoms with E-state index < -0.39 is 0 Å². The molecule has 102 valence electrons. The van der Waals surface area contributed by atoms with Crippen molar-refractivity contribution in [3.63, 3.8) is 0 Å². The van der Waals surface area contributed by atoms with E-state index in [1.165, 1.54) is 18.1 Å². The van der Waals surface area contributed by atoms with Gasteiger partial charge in [0.2, 0.25) is 5.16 Å². The molecule has 0 aliphatic heterocycles. The highest BCUT2D eigenvalue weighted by Gasteiger charge is 2.13. The van der Waals surface area contributed by atoms with Gasteiger partial charge in [-0.3, -0.25) is 4.40 Å². The fourth-order valence-electron chi connectivity index (χ4n) is 1.69. The fourth-order valence-corrected chi connectivity index (χ4v) is 3.07. The van der Waals surface area contributed by atoms with Crippen LogP contribution in [-0.4, -0.2) is 31.1 Å². The number of rotatable bonds is 4. The summed E-state index contributed by atoms with van der Waals surface area (Å²) in [6, 6.07) is 5.79. The highest BCUT2D eigenvalue weighted by atomic mass is 79.9. The SMILES string of the molecule is CCNc1ncnc(Sc2nnc3ccccn23)c1Br. The zero-order valence-corrected chi connectivity index (χ0v) is 13.0. The standard InChI is InChI=1S/C12H11BrN6S/c1-2-14-10-9(13)11(16-7-15-10)20-12-18-17-8-5-3-4-6-19(8)12/h3-7H,2H2,1H3,(H,14,15,16). The first-order chi connectivity index (χ1) is 9.79. The lowest BCUT2D eigenvalue weighted by Gasteiger charge is -2.07. The van der Waals surface area contributed by atoms with Crippen molar-refractivity contribution < 1.29 is 0 Å². The number of fused-ring (bicyclic) bond motifs is 1. The van der Waals surface area contributed by atoms with Gasteiger partial charge in [-0.1, -0.05) is 6.07 Å². The van der Waals surface area contributed by atoms with Crippen molar-refractivity contribution in [2.24, 2.45) is 0 Å². The Morgan fingerprint density at radius 2 is 2.20 bits per heavy atom. The highest BCUT2D eigenvalue weighted by molar-refractivity contribution is 9.10. The van der Waals surface area contributed by atoms with E-state index >= 15 is 0 Å². The van der Waals surface area contributed by atoms with Gasteiger partial charge in [0.1, 0.15) is 17.2 Å². The third-order valence-corrected chi connectivity index (χ3v) is 4.55. The topological polar surface area (TPSA) is 68.0 Å². The quantitative estimate of drug-likeness (QED) is 0.729. The van der Waals surface area contributed by atoms with E-state index in [1.54, 1.807) is 0 Å². The van der Waals surface area contributed by atoms with Crippen LogP contribution in [0.15, 0.2) is 45.4 Å². The number of hydrogen-bond acceptors (Lipinski definition) is 6. The average Bonchev–Trinajstić information content (AvgIpc) is 2.87. The van der Waals surface area contributed by atoms with Crippen LogP contribution in [0.25, 0.3) is 5.65 Å². The lowest BCUT2D eigenvalue weighted by atomic mass is 10.5. The van der Waals surface area contributed by atoms with Crippen LogP contribution in [0, 0.1) is 0 Å². The number of pyridine rings is 1. The summed E-state index contributed by atoms with van der Waals surface area (Å²) in [6.45, 7) is 2.82. The highest BCUT2D eigenvalue weighted by Crippen LogP contribution is 2.33. The van der Waals surface area contributed by atoms with E-state index in [9.17, 15) is 0 Å². The third-order valence-electron chi connectivity index (χ3n) is 2.57. The first-order valence-electron chi connectivity index (χ1n) is 6.01. The summed E-state index contributed by atoms with van der Waals surface area (Å²) < 4.78 is 2.76. The molecule has 1 N–H and O–H groups in total. The molecular weight excluding hydrogens is 340 g/mol. The van der Waals surface area contributed by atoms with Gasteiger partial charge in [-0.15, -0.1) is 10.2 Å². The molecule has 0 spiro atoms. The van der Waals surface area contributed by atoms with Gasteiger partial charge >= 0.3 is 0 Å². The van der Waals surface area contributed by atoms with Gasteiger partial charge in [-0.05, 0) is 46.7 Å². The van der Waals surface area contributed by atoms with Crippen molar-refractivity contribution in [1.82, 2.24) is 24.6 Å². The first kappa shape index (κ1) is 13.3. The number of aromatic nitrogens is 5. The predicted molar refractivity (Wildman–Crippen MR) is 81.0 cm³/mol. The van der Waals surface area contributed by atoms with Crippen LogP contribution in [-0.2, 0) is 0 Å². The van der Waals surface area contributed by atoms with Crippen LogP contribution < -0.4 is 5.32 Å². The minimum atomic E-state index is 0.766. The average molecular weight is 351 g/mol. The van der Waals surface area contributed by atoms with E-state index in [1.807, 2.05) is 35.7 Å². The fraction of sp³-hybridized carbons (Fsp3) is 0.167. The molecule has 0 aliphatic carbocycles. The number of nitrogens with one attached hydrogen (secondary N) is 1. The summed E-state index contributed by atoms with van der Waals surface area (Å²) in [4.78, 5) is 8.48. The Bertz CT molecular complexity index is 744. The van der Waals surface area contributed by atoms with Crippen molar-refractivity contribution in [2.45, 2.75) is 17.1 Å². The molecule has 3 aromatic heterocycles. The van der Waals surface area contributed by atoms with Gasteiger partial charge in [0.25, 0.3) is 0 Å². The molecule has 3 rings (SSSR count). The molecule has 0 aliphatic rings. The Morgan fingerprint density at radius 1 is 1.30 bits per heavy atom. The van der Waals surface area contributed by atoms with Crippen LogP contribution in [0.4, 0.5) is 5.82 Å². The second-order valence-electron chi connectivity index (χ2n) is 3.89.